The summed E-state index contributed by atoms with van der Waals surface area (Å²) in [6.45, 7) is 1.91. The van der Waals surface area contributed by atoms with Crippen molar-refractivity contribution in [3.05, 3.63) is 66.4 Å². The smallest absolute Gasteiger partial charge is 0.179 e. The van der Waals surface area contributed by atoms with E-state index in [1.165, 1.54) is 0 Å². The molecule has 0 saturated heterocycles. The van der Waals surface area contributed by atoms with E-state index in [0.717, 1.165) is 39.4 Å². The molecule has 0 fully saturated rings. The van der Waals surface area contributed by atoms with Crippen molar-refractivity contribution in [1.82, 2.24) is 15.0 Å². The molecule has 2 aromatic heterocycles. The molecule has 4 rings (SSSR count). The van der Waals surface area contributed by atoms with E-state index < -0.39 is 0 Å². The van der Waals surface area contributed by atoms with E-state index >= 15 is 0 Å². The van der Waals surface area contributed by atoms with Crippen LogP contribution in [-0.2, 0) is 0 Å². The van der Waals surface area contributed by atoms with Gasteiger partial charge >= 0.3 is 0 Å². The molecule has 0 spiro atoms. The molecule has 0 bridgehead atoms. The van der Waals surface area contributed by atoms with Crippen molar-refractivity contribution in [3.8, 4) is 34.3 Å². The Morgan fingerprint density at radius 2 is 1.52 bits per heavy atom. The largest absolute Gasteiger partial charge is 0.497 e. The highest BCUT2D eigenvalue weighted by molar-refractivity contribution is 5.93. The van der Waals surface area contributed by atoms with Gasteiger partial charge in [0.05, 0.1) is 31.1 Å². The monoisotopic (exact) mass is 357 g/mol. The van der Waals surface area contributed by atoms with Crippen molar-refractivity contribution >= 4 is 10.9 Å². The van der Waals surface area contributed by atoms with Crippen LogP contribution in [0.1, 0.15) is 5.69 Å². The Kier molecular flexibility index (Phi) is 4.42. The standard InChI is InChI=1S/C22H19N3O2/c1-14-20(27-3)13-12-19(23-14)22-24-18-7-5-4-6-17(18)21(25-22)15-8-10-16(26-2)11-9-15/h4-13H,1-3H3. The lowest BCUT2D eigenvalue weighted by Crippen LogP contribution is -1.98. The molecule has 2 aromatic carbocycles. The zero-order valence-electron chi connectivity index (χ0n) is 15.4. The number of methoxy groups -OCH3 is 2. The summed E-state index contributed by atoms with van der Waals surface area (Å²) in [4.78, 5) is 14.2. The van der Waals surface area contributed by atoms with Gasteiger partial charge in [0.2, 0.25) is 0 Å². The molecule has 27 heavy (non-hydrogen) atoms. The predicted molar refractivity (Wildman–Crippen MR) is 106 cm³/mol. The first-order valence-corrected chi connectivity index (χ1v) is 8.63. The van der Waals surface area contributed by atoms with E-state index in [1.807, 2.05) is 67.6 Å². The molecule has 0 atom stereocenters. The molecule has 0 aliphatic heterocycles. The average Bonchev–Trinajstić information content (AvgIpc) is 2.73. The number of aryl methyl sites for hydroxylation is 1. The Hall–Kier alpha value is -3.47. The van der Waals surface area contributed by atoms with Crippen LogP contribution in [0.5, 0.6) is 11.5 Å². The molecule has 0 amide bonds. The third-order valence-corrected chi connectivity index (χ3v) is 4.45. The second kappa shape index (κ2) is 7.03. The number of hydrogen-bond donors (Lipinski definition) is 0. The van der Waals surface area contributed by atoms with E-state index in [0.29, 0.717) is 11.5 Å². The first-order chi connectivity index (χ1) is 13.2. The quantitative estimate of drug-likeness (QED) is 0.530. The Morgan fingerprint density at radius 1 is 0.741 bits per heavy atom. The highest BCUT2D eigenvalue weighted by atomic mass is 16.5. The summed E-state index contributed by atoms with van der Waals surface area (Å²) in [5.74, 6) is 2.14. The number of rotatable bonds is 4. The summed E-state index contributed by atoms with van der Waals surface area (Å²) < 4.78 is 10.6. The van der Waals surface area contributed by atoms with Crippen LogP contribution in [-0.4, -0.2) is 29.2 Å². The number of nitrogens with zero attached hydrogens (tertiary/aromatic N) is 3. The van der Waals surface area contributed by atoms with Crippen molar-refractivity contribution in [2.45, 2.75) is 6.92 Å². The first kappa shape index (κ1) is 17.0. The van der Waals surface area contributed by atoms with Crippen molar-refractivity contribution < 1.29 is 9.47 Å². The van der Waals surface area contributed by atoms with Crippen LogP contribution >= 0.6 is 0 Å². The normalized spacial score (nSPS) is 10.8. The summed E-state index contributed by atoms with van der Waals surface area (Å²) in [6.07, 6.45) is 0. The number of benzene rings is 2. The van der Waals surface area contributed by atoms with Gasteiger partial charge in [0, 0.05) is 10.9 Å². The molecule has 5 heteroatoms. The molecule has 0 aliphatic carbocycles. The molecular formula is C22H19N3O2. The van der Waals surface area contributed by atoms with Crippen LogP contribution in [0.25, 0.3) is 33.7 Å². The van der Waals surface area contributed by atoms with E-state index in [-0.39, 0.29) is 0 Å². The number of para-hydroxylation sites is 1. The minimum absolute atomic E-state index is 0.588. The Morgan fingerprint density at radius 3 is 2.22 bits per heavy atom. The van der Waals surface area contributed by atoms with Gasteiger partial charge in [-0.1, -0.05) is 18.2 Å². The van der Waals surface area contributed by atoms with Crippen molar-refractivity contribution in [2.75, 3.05) is 14.2 Å². The second-order valence-electron chi connectivity index (χ2n) is 6.13. The van der Waals surface area contributed by atoms with Gasteiger partial charge in [-0.25, -0.2) is 15.0 Å². The Labute approximate surface area is 157 Å². The van der Waals surface area contributed by atoms with Gasteiger partial charge in [-0.05, 0) is 49.4 Å². The summed E-state index contributed by atoms with van der Waals surface area (Å²) in [5, 5.41) is 0.997. The number of aromatic nitrogens is 3. The minimum atomic E-state index is 0.588. The average molecular weight is 357 g/mol. The lowest BCUT2D eigenvalue weighted by molar-refractivity contribution is 0.409. The molecule has 4 aromatic rings. The molecule has 5 nitrogen and oxygen atoms in total. The van der Waals surface area contributed by atoms with E-state index in [2.05, 4.69) is 4.98 Å². The maximum Gasteiger partial charge on any atom is 0.179 e. The van der Waals surface area contributed by atoms with Crippen LogP contribution in [0.15, 0.2) is 60.7 Å². The molecule has 0 saturated carbocycles. The molecule has 134 valence electrons. The summed E-state index contributed by atoms with van der Waals surface area (Å²) >= 11 is 0. The zero-order chi connectivity index (χ0) is 18.8. The molecule has 2 heterocycles. The van der Waals surface area contributed by atoms with Crippen LogP contribution in [0, 0.1) is 6.92 Å². The Bertz CT molecular complexity index is 1110. The lowest BCUT2D eigenvalue weighted by atomic mass is 10.1. The second-order valence-corrected chi connectivity index (χ2v) is 6.13. The van der Waals surface area contributed by atoms with Crippen LogP contribution < -0.4 is 9.47 Å². The third-order valence-electron chi connectivity index (χ3n) is 4.45. The van der Waals surface area contributed by atoms with Gasteiger partial charge < -0.3 is 9.47 Å². The van der Waals surface area contributed by atoms with Gasteiger partial charge in [0.25, 0.3) is 0 Å². The SMILES string of the molecule is COc1ccc(-c2nc(-c3ccc(OC)c(C)n3)nc3ccccc23)cc1. The Balaban J connectivity index is 1.91. The fraction of sp³-hybridized carbons (Fsp3) is 0.136. The summed E-state index contributed by atoms with van der Waals surface area (Å²) in [6, 6.07) is 19.6. The number of pyridine rings is 1. The highest BCUT2D eigenvalue weighted by Gasteiger charge is 2.13. The van der Waals surface area contributed by atoms with E-state index in [9.17, 15) is 0 Å². The first-order valence-electron chi connectivity index (χ1n) is 8.63. The number of fused-ring (bicyclic) bond motifs is 1. The van der Waals surface area contributed by atoms with E-state index in [4.69, 9.17) is 19.4 Å². The van der Waals surface area contributed by atoms with Crippen molar-refractivity contribution in [3.63, 3.8) is 0 Å². The summed E-state index contributed by atoms with van der Waals surface area (Å²) in [5.41, 5.74) is 4.27. The molecule has 0 N–H and O–H groups in total. The molecule has 0 aliphatic rings. The predicted octanol–water partition coefficient (Wildman–Crippen LogP) is 4.68. The number of ether oxygens (including phenoxy) is 2. The van der Waals surface area contributed by atoms with Crippen LogP contribution in [0.3, 0.4) is 0 Å². The van der Waals surface area contributed by atoms with Gasteiger partial charge in [-0.2, -0.15) is 0 Å². The maximum atomic E-state index is 5.31. The third kappa shape index (κ3) is 3.19. The fourth-order valence-corrected chi connectivity index (χ4v) is 3.05. The topological polar surface area (TPSA) is 57.1 Å². The van der Waals surface area contributed by atoms with Gasteiger partial charge in [0.1, 0.15) is 17.2 Å². The maximum absolute atomic E-state index is 5.31. The van der Waals surface area contributed by atoms with Gasteiger partial charge in [0.15, 0.2) is 5.82 Å². The molecule has 0 radical (unpaired) electrons. The molecular weight excluding hydrogens is 338 g/mol. The minimum Gasteiger partial charge on any atom is -0.497 e. The fourth-order valence-electron chi connectivity index (χ4n) is 3.05. The van der Waals surface area contributed by atoms with Crippen molar-refractivity contribution in [1.29, 1.82) is 0 Å². The number of hydrogen-bond acceptors (Lipinski definition) is 5. The van der Waals surface area contributed by atoms with Crippen LogP contribution in [0.4, 0.5) is 0 Å². The summed E-state index contributed by atoms with van der Waals surface area (Å²) in [7, 11) is 3.29. The van der Waals surface area contributed by atoms with Gasteiger partial charge in [-0.3, -0.25) is 0 Å². The van der Waals surface area contributed by atoms with Crippen LogP contribution in [0.2, 0.25) is 0 Å². The van der Waals surface area contributed by atoms with E-state index in [1.54, 1.807) is 14.2 Å². The molecule has 0 unspecified atom stereocenters. The lowest BCUT2D eigenvalue weighted by Gasteiger charge is -2.10. The van der Waals surface area contributed by atoms with Gasteiger partial charge in [-0.15, -0.1) is 0 Å². The zero-order valence-corrected chi connectivity index (χ0v) is 15.4. The van der Waals surface area contributed by atoms with Crippen molar-refractivity contribution in [2.24, 2.45) is 0 Å². The highest BCUT2D eigenvalue weighted by Crippen LogP contribution is 2.30.